The van der Waals surface area contributed by atoms with Crippen molar-refractivity contribution in [2.24, 2.45) is 23.7 Å². The molecule has 0 radical (unpaired) electrons. The summed E-state index contributed by atoms with van der Waals surface area (Å²) in [5, 5.41) is 0. The van der Waals surface area contributed by atoms with Crippen molar-refractivity contribution in [2.75, 3.05) is 6.61 Å². The average molecular weight is 318 g/mol. The summed E-state index contributed by atoms with van der Waals surface area (Å²) >= 11 is 0. The minimum Gasteiger partial charge on any atom is -0.498 e. The van der Waals surface area contributed by atoms with Gasteiger partial charge in [0.2, 0.25) is 0 Å². The highest BCUT2D eigenvalue weighted by Crippen LogP contribution is 2.50. The van der Waals surface area contributed by atoms with Crippen LogP contribution in [0.15, 0.2) is 23.5 Å². The number of carbonyl (C=O) groups is 3. The maximum absolute atomic E-state index is 12.7. The largest absolute Gasteiger partial charge is 0.498 e. The van der Waals surface area contributed by atoms with Crippen molar-refractivity contribution in [1.29, 1.82) is 0 Å². The Hall–Kier alpha value is -1.91. The molecule has 0 aromatic carbocycles. The van der Waals surface area contributed by atoms with Crippen molar-refractivity contribution in [2.45, 2.75) is 39.7 Å². The van der Waals surface area contributed by atoms with Gasteiger partial charge < -0.3 is 9.47 Å². The van der Waals surface area contributed by atoms with E-state index in [4.69, 9.17) is 9.47 Å². The molecule has 0 amide bonds. The van der Waals surface area contributed by atoms with E-state index in [1.807, 2.05) is 26.8 Å². The molecule has 3 aliphatic rings. The van der Waals surface area contributed by atoms with Crippen molar-refractivity contribution in [3.63, 3.8) is 0 Å². The van der Waals surface area contributed by atoms with Gasteiger partial charge in [-0.3, -0.25) is 14.4 Å². The fourth-order valence-electron chi connectivity index (χ4n) is 3.89. The van der Waals surface area contributed by atoms with Gasteiger partial charge in [0, 0.05) is 17.8 Å². The summed E-state index contributed by atoms with van der Waals surface area (Å²) in [4.78, 5) is 37.7. The van der Waals surface area contributed by atoms with Gasteiger partial charge in [0.25, 0.3) is 0 Å². The van der Waals surface area contributed by atoms with E-state index >= 15 is 0 Å². The first-order valence-electron chi connectivity index (χ1n) is 8.13. The Kier molecular flexibility index (Phi) is 3.69. The highest BCUT2D eigenvalue weighted by atomic mass is 16.6. The van der Waals surface area contributed by atoms with Crippen molar-refractivity contribution < 1.29 is 23.9 Å². The Balaban J connectivity index is 2.07. The molecule has 0 unspecified atom stereocenters. The molecule has 3 rings (SSSR count). The van der Waals surface area contributed by atoms with Crippen LogP contribution in [-0.4, -0.2) is 29.7 Å². The Morgan fingerprint density at radius 3 is 2.74 bits per heavy atom. The molecule has 5 nitrogen and oxygen atoms in total. The maximum Gasteiger partial charge on any atom is 0.317 e. The van der Waals surface area contributed by atoms with Crippen molar-refractivity contribution in [3.05, 3.63) is 23.5 Å². The number of fused-ring (bicyclic) bond motifs is 3. The predicted octanol–water partition coefficient (Wildman–Crippen LogP) is 2.21. The van der Waals surface area contributed by atoms with Crippen LogP contribution in [-0.2, 0) is 23.9 Å². The molecule has 0 aromatic rings. The Morgan fingerprint density at radius 1 is 1.39 bits per heavy atom. The van der Waals surface area contributed by atoms with Gasteiger partial charge in [-0.1, -0.05) is 13.8 Å². The normalized spacial score (nSPS) is 37.0. The molecular weight excluding hydrogens is 296 g/mol. The molecule has 5 heteroatoms. The fraction of sp³-hybridized carbons (Fsp3) is 0.611. The summed E-state index contributed by atoms with van der Waals surface area (Å²) in [6, 6.07) is 0. The summed E-state index contributed by atoms with van der Waals surface area (Å²) in [5.41, 5.74) is -0.428. The van der Waals surface area contributed by atoms with E-state index < -0.39 is 23.4 Å². The monoisotopic (exact) mass is 318 g/mol. The van der Waals surface area contributed by atoms with Gasteiger partial charge >= 0.3 is 5.97 Å². The van der Waals surface area contributed by atoms with Crippen LogP contribution in [0.4, 0.5) is 0 Å². The number of rotatable bonds is 3. The molecular formula is C18H22O5. The van der Waals surface area contributed by atoms with Crippen molar-refractivity contribution in [3.8, 4) is 0 Å². The summed E-state index contributed by atoms with van der Waals surface area (Å²) < 4.78 is 11.1. The number of ether oxygens (including phenoxy) is 2. The number of allylic oxidation sites excluding steroid dienone is 2. The van der Waals surface area contributed by atoms with Gasteiger partial charge in [0.05, 0.1) is 12.4 Å². The van der Waals surface area contributed by atoms with Crippen LogP contribution >= 0.6 is 0 Å². The zero-order valence-corrected chi connectivity index (χ0v) is 13.9. The lowest BCUT2D eigenvalue weighted by molar-refractivity contribution is -0.157. The van der Waals surface area contributed by atoms with Crippen LogP contribution in [0.25, 0.3) is 0 Å². The van der Waals surface area contributed by atoms with Crippen LogP contribution < -0.4 is 0 Å². The van der Waals surface area contributed by atoms with E-state index in [1.165, 1.54) is 6.08 Å². The van der Waals surface area contributed by atoms with Crippen LogP contribution in [0, 0.1) is 23.7 Å². The Labute approximate surface area is 135 Å². The average Bonchev–Trinajstić information content (AvgIpc) is 2.78. The van der Waals surface area contributed by atoms with Gasteiger partial charge in [-0.25, -0.2) is 0 Å². The number of hydrogen-bond donors (Lipinski definition) is 0. The molecule has 2 aliphatic heterocycles. The molecule has 1 aliphatic carbocycles. The van der Waals surface area contributed by atoms with Crippen LogP contribution in [0.2, 0.25) is 0 Å². The van der Waals surface area contributed by atoms with E-state index in [1.54, 1.807) is 6.92 Å². The highest BCUT2D eigenvalue weighted by Gasteiger charge is 2.64. The van der Waals surface area contributed by atoms with Gasteiger partial charge in [-0.15, -0.1) is 0 Å². The molecule has 0 spiro atoms. The number of Topliss-reactive ketones (excluding diaryl/α,β-unsaturated/α-hetero) is 1. The van der Waals surface area contributed by atoms with Crippen LogP contribution in [0.5, 0.6) is 0 Å². The molecule has 0 saturated carbocycles. The Bertz CT molecular complexity index is 644. The van der Waals surface area contributed by atoms with E-state index in [-0.39, 0.29) is 23.4 Å². The third kappa shape index (κ3) is 2.25. The number of hydrogen-bond acceptors (Lipinski definition) is 5. The lowest BCUT2D eigenvalue weighted by atomic mass is 9.63. The van der Waals surface area contributed by atoms with E-state index in [0.717, 1.165) is 11.3 Å². The zero-order valence-electron chi connectivity index (χ0n) is 13.9. The summed E-state index contributed by atoms with van der Waals surface area (Å²) in [6.45, 7) is 7.54. The number of carbonyl (C=O) groups excluding carboxylic acids is 3. The van der Waals surface area contributed by atoms with Gasteiger partial charge in [-0.05, 0) is 38.0 Å². The van der Waals surface area contributed by atoms with Crippen LogP contribution in [0.3, 0.4) is 0 Å². The lowest BCUT2D eigenvalue weighted by Gasteiger charge is -2.40. The third-order valence-corrected chi connectivity index (χ3v) is 5.48. The molecule has 0 aromatic heterocycles. The topological polar surface area (TPSA) is 69.7 Å². The zero-order chi connectivity index (χ0) is 16.9. The second kappa shape index (κ2) is 5.32. The quantitative estimate of drug-likeness (QED) is 0.589. The van der Waals surface area contributed by atoms with Crippen molar-refractivity contribution in [1.82, 2.24) is 0 Å². The smallest absolute Gasteiger partial charge is 0.317 e. The van der Waals surface area contributed by atoms with Crippen LogP contribution in [0.1, 0.15) is 34.1 Å². The second-order valence-corrected chi connectivity index (χ2v) is 6.92. The minimum atomic E-state index is -1.26. The summed E-state index contributed by atoms with van der Waals surface area (Å²) in [6.07, 6.45) is 4.01. The predicted molar refractivity (Wildman–Crippen MR) is 82.2 cm³/mol. The second-order valence-electron chi connectivity index (χ2n) is 6.92. The summed E-state index contributed by atoms with van der Waals surface area (Å²) in [5.74, 6) is -2.00. The molecule has 0 N–H and O–H groups in total. The first kappa shape index (κ1) is 16.0. The van der Waals surface area contributed by atoms with E-state index in [0.29, 0.717) is 13.0 Å². The first-order valence-corrected chi connectivity index (χ1v) is 8.13. The molecule has 0 bridgehead atoms. The molecule has 5 atom stereocenters. The fourth-order valence-corrected chi connectivity index (χ4v) is 3.89. The van der Waals surface area contributed by atoms with E-state index in [2.05, 4.69) is 0 Å². The molecule has 23 heavy (non-hydrogen) atoms. The third-order valence-electron chi connectivity index (χ3n) is 5.48. The van der Waals surface area contributed by atoms with Gasteiger partial charge in [0.1, 0.15) is 11.7 Å². The summed E-state index contributed by atoms with van der Waals surface area (Å²) in [7, 11) is 0. The maximum atomic E-state index is 12.7. The molecule has 2 heterocycles. The Morgan fingerprint density at radius 2 is 2.09 bits per heavy atom. The van der Waals surface area contributed by atoms with Gasteiger partial charge in [0.15, 0.2) is 11.4 Å². The van der Waals surface area contributed by atoms with E-state index in [9.17, 15) is 14.4 Å². The first-order chi connectivity index (χ1) is 10.8. The standard InChI is InChI=1S/C18H22O5/c1-5-9(2)16(20)14-15-12-8-22-10(3)6-11(12)7-13(19)18(15,4)23-17(14)21/h6-7,9,12,14-15H,5,8H2,1-4H3/t9-,12+,14-,15+,18-/m0/s1. The molecule has 1 fully saturated rings. The number of esters is 1. The minimum absolute atomic E-state index is 0.133. The van der Waals surface area contributed by atoms with Crippen molar-refractivity contribution >= 4 is 17.5 Å². The molecule has 124 valence electrons. The van der Waals surface area contributed by atoms with Gasteiger partial charge in [-0.2, -0.15) is 0 Å². The highest BCUT2D eigenvalue weighted by molar-refractivity contribution is 6.08. The SMILES string of the molecule is CC[C@H](C)C(=O)[C@H]1C(=O)O[C@@]2(C)C(=O)C=C3C=C(C)OC[C@H]3[C@H]12. The number of ketones is 2. The molecule has 1 saturated heterocycles. The lowest BCUT2D eigenvalue weighted by Crippen LogP contribution is -2.51.